The summed E-state index contributed by atoms with van der Waals surface area (Å²) in [7, 11) is 0. The number of carbonyl (C=O) groups is 1. The maximum absolute atomic E-state index is 13.1. The second-order valence-corrected chi connectivity index (χ2v) is 6.52. The summed E-state index contributed by atoms with van der Waals surface area (Å²) >= 11 is 1.41. The maximum atomic E-state index is 13.1. The van der Waals surface area contributed by atoms with Crippen molar-refractivity contribution in [3.63, 3.8) is 0 Å². The quantitative estimate of drug-likeness (QED) is 0.756. The van der Waals surface area contributed by atoms with Gasteiger partial charge in [-0.2, -0.15) is 0 Å². The van der Waals surface area contributed by atoms with E-state index in [4.69, 9.17) is 10.5 Å². The van der Waals surface area contributed by atoms with Gasteiger partial charge in [0, 0.05) is 29.6 Å². The van der Waals surface area contributed by atoms with E-state index in [1.54, 1.807) is 0 Å². The molecule has 2 N–H and O–H groups in total. The number of nitrogens with two attached hydrogens (primary N) is 1. The zero-order valence-corrected chi connectivity index (χ0v) is 15.5. The second kappa shape index (κ2) is 8.73. The van der Waals surface area contributed by atoms with Gasteiger partial charge in [-0.3, -0.25) is 4.79 Å². The first kappa shape index (κ1) is 18.3. The van der Waals surface area contributed by atoms with Crippen LogP contribution in [0.15, 0.2) is 29.6 Å². The molecule has 0 aliphatic rings. The molecule has 0 spiro atoms. The summed E-state index contributed by atoms with van der Waals surface area (Å²) in [5.41, 5.74) is 8.55. The van der Waals surface area contributed by atoms with Gasteiger partial charge in [0.1, 0.15) is 5.75 Å². The maximum Gasteiger partial charge on any atom is 0.257 e. The summed E-state index contributed by atoms with van der Waals surface area (Å²) in [6.07, 6.45) is 1.86. The van der Waals surface area contributed by atoms with Crippen molar-refractivity contribution >= 4 is 22.2 Å². The van der Waals surface area contributed by atoms with Gasteiger partial charge >= 0.3 is 0 Å². The lowest BCUT2D eigenvalue weighted by molar-refractivity contribution is 0.0758. The lowest BCUT2D eigenvalue weighted by Crippen LogP contribution is -2.33. The number of rotatable bonds is 8. The monoisotopic (exact) mass is 346 g/mol. The molecular weight excluding hydrogens is 320 g/mol. The average molecular weight is 346 g/mol. The van der Waals surface area contributed by atoms with E-state index in [1.165, 1.54) is 11.3 Å². The van der Waals surface area contributed by atoms with Crippen molar-refractivity contribution in [2.24, 2.45) is 0 Å². The minimum Gasteiger partial charge on any atom is -0.493 e. The molecule has 0 saturated heterocycles. The fourth-order valence-corrected chi connectivity index (χ4v) is 3.58. The summed E-state index contributed by atoms with van der Waals surface area (Å²) in [5.74, 6) is 0.795. The number of para-hydroxylation sites is 1. The van der Waals surface area contributed by atoms with Gasteiger partial charge in [0.25, 0.3) is 5.91 Å². The largest absolute Gasteiger partial charge is 0.493 e. The highest BCUT2D eigenvalue weighted by molar-refractivity contribution is 7.15. The number of nitrogens with zero attached hydrogens (tertiary/aromatic N) is 1. The number of hydrogen-bond donors (Lipinski definition) is 1. The van der Waals surface area contributed by atoms with Crippen LogP contribution in [-0.4, -0.2) is 30.5 Å². The second-order valence-electron chi connectivity index (χ2n) is 5.61. The molecule has 0 fully saturated rings. The van der Waals surface area contributed by atoms with Crippen LogP contribution in [-0.2, 0) is 0 Å². The van der Waals surface area contributed by atoms with Crippen LogP contribution in [0.4, 0.5) is 5.00 Å². The molecule has 1 amide bonds. The van der Waals surface area contributed by atoms with Gasteiger partial charge in [-0.05, 0) is 25.8 Å². The molecule has 0 bridgehead atoms. The van der Waals surface area contributed by atoms with Crippen LogP contribution in [0.25, 0.3) is 11.1 Å². The highest BCUT2D eigenvalue weighted by Crippen LogP contribution is 2.39. The number of carbonyl (C=O) groups excluding carboxylic acids is 1. The molecule has 2 rings (SSSR count). The first-order chi connectivity index (χ1) is 11.6. The number of ether oxygens (including phenoxy) is 1. The summed E-state index contributed by atoms with van der Waals surface area (Å²) < 4.78 is 5.73. The topological polar surface area (TPSA) is 55.6 Å². The van der Waals surface area contributed by atoms with Crippen LogP contribution in [0.1, 0.15) is 44.0 Å². The molecule has 1 heterocycles. The third kappa shape index (κ3) is 3.90. The van der Waals surface area contributed by atoms with Gasteiger partial charge in [-0.25, -0.2) is 0 Å². The summed E-state index contributed by atoms with van der Waals surface area (Å²) in [6.45, 7) is 8.19. The van der Waals surface area contributed by atoms with Crippen LogP contribution in [0.3, 0.4) is 0 Å². The fourth-order valence-electron chi connectivity index (χ4n) is 2.78. The number of benzene rings is 1. The fraction of sp³-hybridized carbons (Fsp3) is 0.421. The zero-order valence-electron chi connectivity index (χ0n) is 14.7. The van der Waals surface area contributed by atoms with Crippen molar-refractivity contribution in [3.05, 3.63) is 35.2 Å². The predicted octanol–water partition coefficient (Wildman–Crippen LogP) is 4.66. The van der Waals surface area contributed by atoms with E-state index in [2.05, 4.69) is 13.8 Å². The zero-order chi connectivity index (χ0) is 17.5. The Bertz CT molecular complexity index is 676. The smallest absolute Gasteiger partial charge is 0.257 e. The minimum atomic E-state index is 0.0127. The number of amides is 1. The van der Waals surface area contributed by atoms with Crippen molar-refractivity contribution in [1.82, 2.24) is 4.90 Å². The lowest BCUT2D eigenvalue weighted by Gasteiger charge is -2.22. The van der Waals surface area contributed by atoms with Crippen LogP contribution < -0.4 is 10.5 Å². The van der Waals surface area contributed by atoms with E-state index in [0.29, 0.717) is 17.2 Å². The predicted molar refractivity (Wildman–Crippen MR) is 102 cm³/mol. The van der Waals surface area contributed by atoms with E-state index in [-0.39, 0.29) is 5.91 Å². The summed E-state index contributed by atoms with van der Waals surface area (Å²) in [6, 6.07) is 7.80. The van der Waals surface area contributed by atoms with Crippen molar-refractivity contribution in [1.29, 1.82) is 0 Å². The van der Waals surface area contributed by atoms with Gasteiger partial charge in [0.15, 0.2) is 0 Å². The first-order valence-electron chi connectivity index (χ1n) is 8.52. The third-order valence-corrected chi connectivity index (χ3v) is 4.60. The van der Waals surface area contributed by atoms with Crippen molar-refractivity contribution < 1.29 is 9.53 Å². The molecule has 24 heavy (non-hydrogen) atoms. The van der Waals surface area contributed by atoms with E-state index in [0.717, 1.165) is 42.8 Å². The van der Waals surface area contributed by atoms with Gasteiger partial charge in [-0.1, -0.05) is 32.0 Å². The highest BCUT2D eigenvalue weighted by Gasteiger charge is 2.24. The van der Waals surface area contributed by atoms with Gasteiger partial charge in [0.2, 0.25) is 0 Å². The number of anilines is 1. The Morgan fingerprint density at radius 2 is 1.79 bits per heavy atom. The number of hydrogen-bond acceptors (Lipinski definition) is 4. The summed E-state index contributed by atoms with van der Waals surface area (Å²) in [4.78, 5) is 15.0. The van der Waals surface area contributed by atoms with Crippen LogP contribution >= 0.6 is 11.3 Å². The van der Waals surface area contributed by atoms with E-state index < -0.39 is 0 Å². The molecule has 1 aromatic carbocycles. The standard InChI is InChI=1S/C19H26N2O2S/c1-4-11-21(12-5-2)19(22)17-15(13-24-18(17)20)14-9-7-8-10-16(14)23-6-3/h7-10,13H,4-6,11-12,20H2,1-3H3. The minimum absolute atomic E-state index is 0.0127. The lowest BCUT2D eigenvalue weighted by atomic mass is 10.0. The first-order valence-corrected chi connectivity index (χ1v) is 9.40. The Balaban J connectivity index is 2.47. The Morgan fingerprint density at radius 1 is 1.12 bits per heavy atom. The molecule has 5 heteroatoms. The Hall–Kier alpha value is -2.01. The van der Waals surface area contributed by atoms with Gasteiger partial charge < -0.3 is 15.4 Å². The normalized spacial score (nSPS) is 10.6. The molecule has 0 aliphatic heterocycles. The van der Waals surface area contributed by atoms with Gasteiger partial charge in [0.05, 0.1) is 17.2 Å². The van der Waals surface area contributed by atoms with Crippen molar-refractivity contribution in [2.45, 2.75) is 33.6 Å². The Kier molecular flexibility index (Phi) is 6.67. The van der Waals surface area contributed by atoms with Crippen LogP contribution in [0.2, 0.25) is 0 Å². The van der Waals surface area contributed by atoms with Crippen LogP contribution in [0, 0.1) is 0 Å². The molecule has 1 aromatic heterocycles. The summed E-state index contributed by atoms with van der Waals surface area (Å²) in [5, 5.41) is 2.52. The Morgan fingerprint density at radius 3 is 2.42 bits per heavy atom. The van der Waals surface area contributed by atoms with Crippen LogP contribution in [0.5, 0.6) is 5.75 Å². The molecule has 2 aromatic rings. The number of nitrogen functional groups attached to an aromatic ring is 1. The number of thiophene rings is 1. The SMILES string of the molecule is CCCN(CCC)C(=O)c1c(-c2ccccc2OCC)csc1N. The van der Waals surface area contributed by atoms with Crippen molar-refractivity contribution in [2.75, 3.05) is 25.4 Å². The molecule has 4 nitrogen and oxygen atoms in total. The molecule has 0 unspecified atom stereocenters. The molecule has 0 atom stereocenters. The molecule has 0 saturated carbocycles. The highest BCUT2D eigenvalue weighted by atomic mass is 32.1. The molecule has 0 radical (unpaired) electrons. The Labute approximate surface area is 148 Å². The molecule has 130 valence electrons. The van der Waals surface area contributed by atoms with Crippen molar-refractivity contribution in [3.8, 4) is 16.9 Å². The van der Waals surface area contributed by atoms with E-state index in [9.17, 15) is 4.79 Å². The van der Waals surface area contributed by atoms with Gasteiger partial charge in [-0.15, -0.1) is 11.3 Å². The van der Waals surface area contributed by atoms with E-state index in [1.807, 2.05) is 41.5 Å². The van der Waals surface area contributed by atoms with E-state index >= 15 is 0 Å². The molecule has 0 aliphatic carbocycles. The third-order valence-electron chi connectivity index (χ3n) is 3.78. The molecular formula is C19H26N2O2S. The average Bonchev–Trinajstić information content (AvgIpc) is 2.96.